The molecule has 0 radical (unpaired) electrons. The van der Waals surface area contributed by atoms with E-state index in [-0.39, 0.29) is 17.5 Å². The lowest BCUT2D eigenvalue weighted by molar-refractivity contribution is 0.113. The van der Waals surface area contributed by atoms with Gasteiger partial charge < -0.3 is 15.2 Å². The number of rotatable bonds is 6. The third-order valence-electron chi connectivity index (χ3n) is 7.34. The van der Waals surface area contributed by atoms with Gasteiger partial charge in [-0.05, 0) is 67.4 Å². The van der Waals surface area contributed by atoms with Crippen LogP contribution in [0.5, 0.6) is 11.5 Å². The van der Waals surface area contributed by atoms with Gasteiger partial charge in [0.15, 0.2) is 11.5 Å². The van der Waals surface area contributed by atoms with Gasteiger partial charge in [0.05, 0.1) is 0 Å². The third-order valence-corrected chi connectivity index (χ3v) is 8.35. The molecule has 170 valence electrons. The quantitative estimate of drug-likeness (QED) is 0.651. The monoisotopic (exact) mass is 453 g/mol. The fourth-order valence-electron chi connectivity index (χ4n) is 5.88. The summed E-state index contributed by atoms with van der Waals surface area (Å²) in [5, 5.41) is 0. The predicted octanol–water partition coefficient (Wildman–Crippen LogP) is 4.53. The van der Waals surface area contributed by atoms with Crippen molar-refractivity contribution in [1.82, 2.24) is 9.21 Å². The van der Waals surface area contributed by atoms with Gasteiger partial charge in [-0.25, -0.2) is 4.79 Å². The van der Waals surface area contributed by atoms with Crippen molar-refractivity contribution in [1.29, 1.82) is 0 Å². The van der Waals surface area contributed by atoms with Crippen LogP contribution in [0.25, 0.3) is 0 Å². The minimum Gasteiger partial charge on any atom is -0.454 e. The summed E-state index contributed by atoms with van der Waals surface area (Å²) in [4.78, 5) is 14.8. The van der Waals surface area contributed by atoms with Crippen LogP contribution in [-0.4, -0.2) is 46.4 Å². The average molecular weight is 454 g/mol. The Balaban J connectivity index is 1.47. The number of nitrogens with zero attached hydrogens (tertiary/aromatic N) is 2. The molecule has 32 heavy (non-hydrogen) atoms. The number of hydrogen-bond donors (Lipinski definition) is 1. The molecule has 1 aliphatic carbocycles. The molecule has 2 fully saturated rings. The Morgan fingerprint density at radius 1 is 1.19 bits per heavy atom. The van der Waals surface area contributed by atoms with E-state index in [9.17, 15) is 4.79 Å². The second-order valence-electron chi connectivity index (χ2n) is 8.96. The highest BCUT2D eigenvalue weighted by molar-refractivity contribution is 7.97. The molecular formula is C25H31N3O3S. The highest BCUT2D eigenvalue weighted by Gasteiger charge is 2.52. The topological polar surface area (TPSA) is 68.0 Å². The summed E-state index contributed by atoms with van der Waals surface area (Å²) < 4.78 is 13.1. The van der Waals surface area contributed by atoms with Crippen molar-refractivity contribution in [3.63, 3.8) is 0 Å². The van der Waals surface area contributed by atoms with Crippen LogP contribution in [0.3, 0.4) is 0 Å². The summed E-state index contributed by atoms with van der Waals surface area (Å²) >= 11 is 1.55. The molecule has 2 amide bonds. The van der Waals surface area contributed by atoms with Crippen LogP contribution in [0.1, 0.15) is 43.7 Å². The van der Waals surface area contributed by atoms with Crippen LogP contribution in [0.15, 0.2) is 48.5 Å². The number of urea groups is 1. The Hall–Kier alpha value is -2.38. The van der Waals surface area contributed by atoms with E-state index in [1.165, 1.54) is 11.1 Å². The summed E-state index contributed by atoms with van der Waals surface area (Å²) in [6.45, 7) is 4.32. The van der Waals surface area contributed by atoms with Crippen molar-refractivity contribution in [3.8, 4) is 11.5 Å². The summed E-state index contributed by atoms with van der Waals surface area (Å²) in [6, 6.07) is 17.3. The number of amides is 2. The van der Waals surface area contributed by atoms with E-state index in [2.05, 4.69) is 60.4 Å². The molecule has 3 atom stereocenters. The van der Waals surface area contributed by atoms with Gasteiger partial charge in [0.1, 0.15) is 0 Å². The van der Waals surface area contributed by atoms with E-state index in [0.29, 0.717) is 12.8 Å². The molecule has 0 bridgehead atoms. The molecule has 1 saturated heterocycles. The molecular weight excluding hydrogens is 422 g/mol. The number of benzene rings is 2. The third kappa shape index (κ3) is 3.82. The van der Waals surface area contributed by atoms with Crippen LogP contribution in [-0.2, 0) is 12.0 Å². The lowest BCUT2D eigenvalue weighted by Crippen LogP contribution is -2.52. The van der Waals surface area contributed by atoms with Gasteiger partial charge in [-0.2, -0.15) is 0 Å². The smallest absolute Gasteiger partial charge is 0.325 e. The molecule has 7 heteroatoms. The van der Waals surface area contributed by atoms with E-state index in [1.54, 1.807) is 11.9 Å². The number of ether oxygens (including phenoxy) is 2. The maximum atomic E-state index is 12.2. The lowest BCUT2D eigenvalue weighted by Gasteiger charge is -2.47. The van der Waals surface area contributed by atoms with E-state index in [4.69, 9.17) is 15.2 Å². The number of fused-ring (bicyclic) bond motifs is 2. The molecule has 5 rings (SSSR count). The first-order valence-corrected chi connectivity index (χ1v) is 12.4. The summed E-state index contributed by atoms with van der Waals surface area (Å²) in [5.74, 6) is 2.51. The number of carbonyl (C=O) groups excluding carboxylic acids is 1. The first kappa shape index (κ1) is 21.5. The van der Waals surface area contributed by atoms with Crippen LogP contribution in [0.4, 0.5) is 4.79 Å². The Labute approximate surface area is 194 Å². The molecule has 1 saturated carbocycles. The zero-order valence-electron chi connectivity index (χ0n) is 18.5. The average Bonchev–Trinajstić information content (AvgIpc) is 3.42. The molecule has 0 spiro atoms. The van der Waals surface area contributed by atoms with E-state index >= 15 is 0 Å². The molecule has 0 aromatic heterocycles. The van der Waals surface area contributed by atoms with Crippen LogP contribution >= 0.6 is 11.9 Å². The van der Waals surface area contributed by atoms with Crippen molar-refractivity contribution < 1.29 is 14.3 Å². The van der Waals surface area contributed by atoms with Gasteiger partial charge in [-0.3, -0.25) is 9.21 Å². The van der Waals surface area contributed by atoms with E-state index in [1.807, 2.05) is 4.31 Å². The molecule has 3 aliphatic rings. The number of nitrogens with two attached hydrogens (primary N) is 1. The van der Waals surface area contributed by atoms with Crippen molar-refractivity contribution in [2.75, 3.05) is 19.1 Å². The predicted molar refractivity (Wildman–Crippen MR) is 127 cm³/mol. The van der Waals surface area contributed by atoms with E-state index in [0.717, 1.165) is 56.0 Å². The minimum atomic E-state index is -0.329. The van der Waals surface area contributed by atoms with Gasteiger partial charge in [0.2, 0.25) is 6.79 Å². The number of likely N-dealkylation sites (tertiary alicyclic amines) is 1. The molecule has 2 N–H and O–H groups in total. The van der Waals surface area contributed by atoms with Gasteiger partial charge in [-0.1, -0.05) is 43.3 Å². The fraction of sp³-hybridized carbons (Fsp3) is 0.480. The van der Waals surface area contributed by atoms with Crippen LogP contribution in [0.2, 0.25) is 0 Å². The maximum Gasteiger partial charge on any atom is 0.325 e. The first-order chi connectivity index (χ1) is 15.6. The van der Waals surface area contributed by atoms with Crippen LogP contribution in [0, 0.1) is 0 Å². The largest absolute Gasteiger partial charge is 0.454 e. The molecule has 2 aliphatic heterocycles. The SMILES string of the molecule is CCSN(C(N)=O)C1CCC2(c3ccc4c(c3)OCO4)CCN(Cc3ccccc3)C2C1. The number of carbonyl (C=O) groups is 1. The highest BCUT2D eigenvalue weighted by Crippen LogP contribution is 2.52. The summed E-state index contributed by atoms with van der Waals surface area (Å²) in [6.07, 6.45) is 4.02. The van der Waals surface area contributed by atoms with Crippen molar-refractivity contribution in [2.45, 2.75) is 56.7 Å². The Kier molecular flexibility index (Phi) is 5.95. The molecule has 6 nitrogen and oxygen atoms in total. The fourth-order valence-corrected chi connectivity index (χ4v) is 6.68. The Morgan fingerprint density at radius 3 is 2.78 bits per heavy atom. The minimum absolute atomic E-state index is 0.0481. The van der Waals surface area contributed by atoms with Crippen molar-refractivity contribution in [2.24, 2.45) is 5.73 Å². The zero-order valence-corrected chi connectivity index (χ0v) is 19.4. The molecule has 3 unspecified atom stereocenters. The molecule has 2 aromatic carbocycles. The number of hydrogen-bond acceptors (Lipinski definition) is 5. The van der Waals surface area contributed by atoms with Crippen LogP contribution < -0.4 is 15.2 Å². The van der Waals surface area contributed by atoms with Gasteiger partial charge in [-0.15, -0.1) is 0 Å². The Bertz CT molecular complexity index is 972. The normalized spacial score (nSPS) is 26.7. The summed E-state index contributed by atoms with van der Waals surface area (Å²) in [5.41, 5.74) is 8.48. The zero-order chi connectivity index (χ0) is 22.1. The summed E-state index contributed by atoms with van der Waals surface area (Å²) in [7, 11) is 0. The number of primary amides is 1. The molecule has 2 aromatic rings. The van der Waals surface area contributed by atoms with Gasteiger partial charge in [0, 0.05) is 29.8 Å². The molecule has 2 heterocycles. The van der Waals surface area contributed by atoms with E-state index < -0.39 is 0 Å². The van der Waals surface area contributed by atoms with Crippen molar-refractivity contribution in [3.05, 3.63) is 59.7 Å². The second kappa shape index (κ2) is 8.87. The Morgan fingerprint density at radius 2 is 2.00 bits per heavy atom. The van der Waals surface area contributed by atoms with Gasteiger partial charge >= 0.3 is 6.03 Å². The standard InChI is InChI=1S/C25H31N3O3S/c1-2-32-28(24(26)29)20-10-11-25(19-8-9-21-22(14-19)31-17-30-21)12-13-27(23(25)15-20)16-18-6-4-3-5-7-18/h3-9,14,20,23H,2,10-13,15-17H2,1H3,(H2,26,29). The second-order valence-corrected chi connectivity index (χ2v) is 10.2. The van der Waals surface area contributed by atoms with Crippen molar-refractivity contribution >= 4 is 18.0 Å². The van der Waals surface area contributed by atoms with Gasteiger partial charge in [0.25, 0.3) is 0 Å². The maximum absolute atomic E-state index is 12.2. The highest BCUT2D eigenvalue weighted by atomic mass is 32.2. The first-order valence-electron chi connectivity index (χ1n) is 11.5. The lowest BCUT2D eigenvalue weighted by atomic mass is 9.65.